The molecule has 626 valence electrons. The number of fused-ring (bicyclic) bond motifs is 7. The maximum absolute atomic E-state index is 13.0. The molecule has 0 saturated heterocycles. The number of hydrogen-bond donors (Lipinski definition) is 3. The molecule has 19 rings (SSSR count). The van der Waals surface area contributed by atoms with Crippen molar-refractivity contribution in [2.75, 3.05) is 7.05 Å². The quantitative estimate of drug-likeness (QED) is 0.0358. The van der Waals surface area contributed by atoms with Crippen molar-refractivity contribution in [3.8, 4) is 39.4 Å². The van der Waals surface area contributed by atoms with Gasteiger partial charge in [0.05, 0.1) is 31.3 Å². The van der Waals surface area contributed by atoms with Crippen LogP contribution in [-0.2, 0) is 42.7 Å². The Hall–Kier alpha value is -11.8. The summed E-state index contributed by atoms with van der Waals surface area (Å²) in [6.07, 6.45) is 33.8. The zero-order chi connectivity index (χ0) is 88.6. The second-order valence-corrected chi connectivity index (χ2v) is 40.8. The van der Waals surface area contributed by atoms with Crippen molar-refractivity contribution in [1.29, 1.82) is 5.26 Å². The van der Waals surface area contributed by atoms with Crippen LogP contribution in [0.25, 0.3) is 47.9 Å². The summed E-state index contributed by atoms with van der Waals surface area (Å²) in [6, 6.07) is 61.9. The molecule has 9 aromatic carbocycles. The van der Waals surface area contributed by atoms with Crippen LogP contribution in [0.3, 0.4) is 0 Å². The van der Waals surface area contributed by atoms with Crippen LogP contribution in [0.1, 0.15) is 183 Å². The van der Waals surface area contributed by atoms with Crippen molar-refractivity contribution in [3.63, 3.8) is 0 Å². The SMILES string of the molecule is C=C1Cc2ccc(Br)cc2C1=O.C=C=N[Si](C)(C)C.C=CC=C.N#Cc1cccc(B(O)O)c1.O=C1c2cc(Br)ccc2CC12CC=CCC2.[C-]#[N+]c1cccc(-c2ccc3c(c2)C(=O)C2(CC=CCC2)C3)c1.[C-]#[N+]c1cccc(-c2ccc3c(c2)C(=O)C2(CCCCC2)C3)c1.[C-]#[N+]c1cccc(-c2ccc3c(c2)C2(N=C(N)N(C)O2)C2(CCCCC2)C3)c1. The minimum absolute atomic E-state index is 0.0278. The van der Waals surface area contributed by atoms with Crippen LogP contribution in [0, 0.1) is 52.7 Å². The average Bonchev–Trinajstić information content (AvgIpc) is 1.53. The maximum atomic E-state index is 13.0. The Morgan fingerprint density at radius 3 is 1.41 bits per heavy atom. The third kappa shape index (κ3) is 20.5. The fourth-order valence-electron chi connectivity index (χ4n) is 18.7. The molecule has 124 heavy (non-hydrogen) atoms. The molecule has 9 aromatic rings. The lowest BCUT2D eigenvalue weighted by atomic mass is 9.67. The second kappa shape index (κ2) is 40.2. The van der Waals surface area contributed by atoms with Gasteiger partial charge in [0.1, 0.15) is 0 Å². The van der Waals surface area contributed by atoms with Crippen LogP contribution in [0.2, 0.25) is 19.6 Å². The van der Waals surface area contributed by atoms with E-state index in [-0.39, 0.29) is 27.4 Å². The predicted octanol–water partition coefficient (Wildman–Crippen LogP) is 24.7. The zero-order valence-corrected chi connectivity index (χ0v) is 75.2. The summed E-state index contributed by atoms with van der Waals surface area (Å²) in [5.41, 5.74) is 25.2. The van der Waals surface area contributed by atoms with E-state index >= 15 is 0 Å². The number of halogens is 2. The van der Waals surface area contributed by atoms with E-state index < -0.39 is 21.1 Å². The predicted molar refractivity (Wildman–Crippen MR) is 510 cm³/mol. The summed E-state index contributed by atoms with van der Waals surface area (Å²) in [4.78, 5) is 71.9. The van der Waals surface area contributed by atoms with Gasteiger partial charge in [-0.25, -0.2) is 29.4 Å². The van der Waals surface area contributed by atoms with Crippen molar-refractivity contribution >= 4 is 105 Å². The van der Waals surface area contributed by atoms with Gasteiger partial charge >= 0.3 is 7.12 Å². The number of nitrogens with zero attached hydrogens (tertiary/aromatic N) is 7. The minimum atomic E-state index is -1.50. The van der Waals surface area contributed by atoms with E-state index in [9.17, 15) is 19.2 Å². The summed E-state index contributed by atoms with van der Waals surface area (Å²) in [5, 5.41) is 27.4. The highest BCUT2D eigenvalue weighted by molar-refractivity contribution is 9.10. The molecule has 15 nitrogen and oxygen atoms in total. The number of allylic oxidation sites excluding steroid dienone is 7. The highest BCUT2D eigenvalue weighted by Crippen LogP contribution is 2.62. The van der Waals surface area contributed by atoms with E-state index in [1.54, 1.807) is 41.5 Å². The Labute approximate surface area is 748 Å². The molecule has 0 amide bonds. The minimum Gasteiger partial charge on any atom is -0.423 e. The number of guanidine groups is 1. The molecule has 0 radical (unpaired) electrons. The summed E-state index contributed by atoms with van der Waals surface area (Å²) in [5.74, 6) is 4.09. The summed E-state index contributed by atoms with van der Waals surface area (Å²) < 4.78 is 5.99. The lowest BCUT2D eigenvalue weighted by molar-refractivity contribution is -0.228. The molecule has 10 aliphatic rings. The third-order valence-corrected chi connectivity index (χ3v) is 26.9. The van der Waals surface area contributed by atoms with E-state index in [4.69, 9.17) is 50.6 Å². The van der Waals surface area contributed by atoms with Gasteiger partial charge in [0.2, 0.25) is 11.7 Å². The molecule has 2 saturated carbocycles. The number of benzene rings is 9. The fraction of sp³-hybridized carbons (Fsp3) is 0.286. The lowest BCUT2D eigenvalue weighted by Crippen LogP contribution is -2.44. The van der Waals surface area contributed by atoms with Crippen LogP contribution in [0.5, 0.6) is 0 Å². The molecule has 19 heteroatoms. The standard InChI is InChI=1S/C23H24N4O.C21H19NO.C21H17NO.C14H13BrO.C10H7BrO.C7H6BNO2.C5H11NSi.C4H6/c1-25-19-8-6-7-16(13-19)17-9-10-18-15-22(11-4-3-5-12-22)23(20(18)14-17)26-21(24)27(2)28-23;2*1-22-18-7-5-6-15(12-18)16-8-9-17-14-21(10-3-2-4-11-21)20(23)19(17)13-16;15-11-5-4-10-9-14(6-2-1-3-7-14)13(16)12(10)8-11;1-6-4-7-2-3-8(11)5-9(7)10(6)12;9-5-6-2-1-3-7(4-6)8(10)11;1-5-6-7(2,3)4;1-3-4-2/h6-10,13-14H,3-5,11-12,15H2,2H3,(H2,24,26);5-9,12-13H,2-4,10-11,14H2;2-3,5-9,12-13H,4,10-11,14H2;1-2,4-5,8H,3,6-7,9H2;2-3,5H,1,4H2;1-4,10-11H;1H2,2-4H3;3-4H,1-2H2. The van der Waals surface area contributed by atoms with E-state index in [1.807, 2.05) is 122 Å². The zero-order valence-electron chi connectivity index (χ0n) is 71.0. The van der Waals surface area contributed by atoms with Crippen molar-refractivity contribution in [2.24, 2.45) is 37.0 Å². The number of Topliss-reactive ketones (excluding diaryl/α,β-unsaturated/α-hetero) is 4. The van der Waals surface area contributed by atoms with Gasteiger partial charge in [-0.1, -0.05) is 242 Å². The fourth-order valence-corrected chi connectivity index (χ4v) is 19.9. The molecule has 0 aromatic heterocycles. The Balaban J connectivity index is 0.000000135. The van der Waals surface area contributed by atoms with Gasteiger partial charge in [0.15, 0.2) is 48.4 Å². The van der Waals surface area contributed by atoms with Crippen molar-refractivity contribution < 1.29 is 34.1 Å². The number of hydrogen-bond acceptors (Lipinski definition) is 12. The summed E-state index contributed by atoms with van der Waals surface area (Å²) in [6.45, 7) is 41.9. The van der Waals surface area contributed by atoms with Gasteiger partial charge in [0, 0.05) is 71.9 Å². The number of nitrogens with two attached hydrogens (primary N) is 1. The van der Waals surface area contributed by atoms with Crippen molar-refractivity contribution in [3.05, 3.63) is 361 Å². The highest BCUT2D eigenvalue weighted by Gasteiger charge is 2.63. The normalized spacial score (nSPS) is 19.7. The molecule has 3 unspecified atom stereocenters. The number of ketones is 4. The van der Waals surface area contributed by atoms with E-state index in [2.05, 4.69) is 176 Å². The Kier molecular flexibility index (Phi) is 29.6. The van der Waals surface area contributed by atoms with Crippen LogP contribution in [-0.4, -0.2) is 72.5 Å². The Morgan fingerprint density at radius 2 is 0.976 bits per heavy atom. The highest BCUT2D eigenvalue weighted by atomic mass is 79.9. The summed E-state index contributed by atoms with van der Waals surface area (Å²) in [7, 11) is -0.864. The molecule has 3 atom stereocenters. The van der Waals surface area contributed by atoms with Gasteiger partial charge in [0.25, 0.3) is 0 Å². The number of aliphatic imine (C=N–C) groups is 1. The number of carbonyl (C=O) groups excluding carboxylic acids is 4. The molecule has 0 bridgehead atoms. The molecule has 9 aliphatic carbocycles. The monoisotopic (exact) mass is 1780 g/mol. The molecular formula is C105H103BBr2N8O7Si. The third-order valence-electron chi connectivity index (χ3n) is 25.1. The topological polar surface area (TPSA) is 209 Å². The molecule has 5 spiro atoms. The number of carbonyl (C=O) groups is 4. The maximum Gasteiger partial charge on any atom is 0.488 e. The molecule has 1 aliphatic heterocycles. The largest absolute Gasteiger partial charge is 0.488 e. The van der Waals surface area contributed by atoms with Gasteiger partial charge in [-0.15, -0.1) is 0 Å². The van der Waals surface area contributed by atoms with E-state index in [0.29, 0.717) is 63.4 Å². The first-order valence-electron chi connectivity index (χ1n) is 42.3. The van der Waals surface area contributed by atoms with Crippen LogP contribution in [0.4, 0.5) is 17.1 Å². The van der Waals surface area contributed by atoms with Gasteiger partial charge in [-0.3, -0.25) is 23.8 Å². The van der Waals surface area contributed by atoms with Crippen LogP contribution in [0.15, 0.2) is 275 Å². The van der Waals surface area contributed by atoms with Gasteiger partial charge in [-0.05, 0) is 267 Å². The van der Waals surface area contributed by atoms with E-state index in [0.717, 1.165) is 166 Å². The molecule has 4 N–H and O–H groups in total. The van der Waals surface area contributed by atoms with Crippen molar-refractivity contribution in [1.82, 2.24) is 5.06 Å². The lowest BCUT2D eigenvalue weighted by Gasteiger charge is -2.43. The summed E-state index contributed by atoms with van der Waals surface area (Å²) >= 11 is 6.77. The van der Waals surface area contributed by atoms with E-state index in [1.165, 1.54) is 66.8 Å². The molecule has 2 fully saturated rings. The van der Waals surface area contributed by atoms with Crippen molar-refractivity contribution in [2.45, 2.75) is 160 Å². The Bertz CT molecular complexity index is 5970. The second-order valence-electron chi connectivity index (χ2n) is 34.4. The van der Waals surface area contributed by atoms with Crippen LogP contribution >= 0.6 is 31.9 Å². The Morgan fingerprint density at radius 1 is 0.540 bits per heavy atom. The molecular weight excluding hydrogens is 1680 g/mol. The van der Waals surface area contributed by atoms with Gasteiger partial charge < -0.3 is 15.8 Å². The first-order chi connectivity index (χ1) is 59.6. The average molecular weight is 1790 g/mol. The number of rotatable bonds is 6. The van der Waals surface area contributed by atoms with Crippen LogP contribution < -0.4 is 11.2 Å². The first-order valence-corrected chi connectivity index (χ1v) is 47.3. The number of nitriles is 1. The smallest absolute Gasteiger partial charge is 0.423 e. The molecule has 1 heterocycles. The first kappa shape index (κ1) is 91.4. The number of hydroxylamine groups is 2. The van der Waals surface area contributed by atoms with Gasteiger partial charge in [-0.2, -0.15) is 5.26 Å².